The number of hydrogen-bond donors (Lipinski definition) is 0. The standard InChI is InChI=1S/C11H17B/c1-4-5-10-6-8-11(9-7-10)12(2)3/h6-9H,4-5H2,1-3H3. The highest BCUT2D eigenvalue weighted by Crippen LogP contribution is 2.01. The molecule has 0 nitrogen and oxygen atoms in total. The fourth-order valence-corrected chi connectivity index (χ4v) is 1.36. The van der Waals surface area contributed by atoms with Crippen LogP contribution in [0.15, 0.2) is 24.3 Å². The predicted molar refractivity (Wildman–Crippen MR) is 57.6 cm³/mol. The van der Waals surface area contributed by atoms with Crippen LogP contribution in [0.2, 0.25) is 13.6 Å². The summed E-state index contributed by atoms with van der Waals surface area (Å²) in [5, 5.41) is 0. The van der Waals surface area contributed by atoms with Gasteiger partial charge in [-0.3, -0.25) is 0 Å². The Hall–Kier alpha value is -0.715. The summed E-state index contributed by atoms with van der Waals surface area (Å²) in [5.74, 6) is 0. The van der Waals surface area contributed by atoms with E-state index in [1.54, 1.807) is 0 Å². The first-order valence-corrected chi connectivity index (χ1v) is 4.83. The van der Waals surface area contributed by atoms with Crippen LogP contribution in [-0.4, -0.2) is 6.71 Å². The van der Waals surface area contributed by atoms with E-state index in [9.17, 15) is 0 Å². The predicted octanol–water partition coefficient (Wildman–Crippen LogP) is 2.60. The molecule has 0 bridgehead atoms. The molecule has 0 fully saturated rings. The second kappa shape index (κ2) is 4.35. The molecule has 0 aromatic heterocycles. The SMILES string of the molecule is CCCc1ccc(B(C)C)cc1. The van der Waals surface area contributed by atoms with Crippen molar-refractivity contribution >= 4 is 12.2 Å². The second-order valence-corrected chi connectivity index (χ2v) is 3.65. The van der Waals surface area contributed by atoms with E-state index < -0.39 is 0 Å². The van der Waals surface area contributed by atoms with Crippen molar-refractivity contribution < 1.29 is 0 Å². The van der Waals surface area contributed by atoms with Gasteiger partial charge in [0.1, 0.15) is 0 Å². The van der Waals surface area contributed by atoms with Crippen molar-refractivity contribution in [1.29, 1.82) is 0 Å². The van der Waals surface area contributed by atoms with Gasteiger partial charge in [0.2, 0.25) is 0 Å². The lowest BCUT2D eigenvalue weighted by molar-refractivity contribution is 0.922. The molecule has 64 valence electrons. The minimum atomic E-state index is 0.653. The van der Waals surface area contributed by atoms with Crippen LogP contribution < -0.4 is 5.46 Å². The Labute approximate surface area is 76.1 Å². The van der Waals surface area contributed by atoms with Gasteiger partial charge in [-0.2, -0.15) is 0 Å². The molecule has 0 saturated heterocycles. The maximum atomic E-state index is 2.25. The molecule has 0 saturated carbocycles. The van der Waals surface area contributed by atoms with E-state index in [-0.39, 0.29) is 0 Å². The summed E-state index contributed by atoms with van der Waals surface area (Å²) in [6.07, 6.45) is 2.44. The molecule has 0 radical (unpaired) electrons. The molecule has 0 heterocycles. The molecule has 0 amide bonds. The minimum Gasteiger partial charge on any atom is -0.0819 e. The molecule has 0 unspecified atom stereocenters. The van der Waals surface area contributed by atoms with Crippen LogP contribution in [0.4, 0.5) is 0 Å². The molecule has 1 aromatic rings. The molecular weight excluding hydrogens is 143 g/mol. The van der Waals surface area contributed by atoms with Crippen molar-refractivity contribution in [3.63, 3.8) is 0 Å². The van der Waals surface area contributed by atoms with Gasteiger partial charge >= 0.3 is 0 Å². The summed E-state index contributed by atoms with van der Waals surface area (Å²) in [6.45, 7) is 7.33. The Bertz CT molecular complexity index is 223. The zero-order valence-electron chi connectivity index (χ0n) is 8.30. The third-order valence-corrected chi connectivity index (χ3v) is 2.19. The summed E-state index contributed by atoms with van der Waals surface area (Å²) in [4.78, 5) is 0. The summed E-state index contributed by atoms with van der Waals surface area (Å²) >= 11 is 0. The fourth-order valence-electron chi connectivity index (χ4n) is 1.36. The molecule has 0 spiro atoms. The molecule has 12 heavy (non-hydrogen) atoms. The van der Waals surface area contributed by atoms with Crippen LogP contribution in [0.3, 0.4) is 0 Å². The van der Waals surface area contributed by atoms with E-state index in [0.29, 0.717) is 6.71 Å². The highest BCUT2D eigenvalue weighted by Gasteiger charge is 2.01. The quantitative estimate of drug-likeness (QED) is 0.596. The number of rotatable bonds is 3. The van der Waals surface area contributed by atoms with Gasteiger partial charge in [0.15, 0.2) is 6.71 Å². The van der Waals surface area contributed by atoms with Gasteiger partial charge in [0.25, 0.3) is 0 Å². The molecule has 0 N–H and O–H groups in total. The van der Waals surface area contributed by atoms with Crippen LogP contribution in [0, 0.1) is 0 Å². The van der Waals surface area contributed by atoms with E-state index in [1.807, 2.05) is 0 Å². The first-order chi connectivity index (χ1) is 5.74. The lowest BCUT2D eigenvalue weighted by atomic mass is 9.49. The summed E-state index contributed by atoms with van der Waals surface area (Å²) in [6, 6.07) is 8.99. The molecular formula is C11H17B. The Morgan fingerprint density at radius 1 is 1.08 bits per heavy atom. The van der Waals surface area contributed by atoms with E-state index in [1.165, 1.54) is 23.9 Å². The van der Waals surface area contributed by atoms with Gasteiger partial charge in [-0.15, -0.1) is 0 Å². The van der Waals surface area contributed by atoms with Gasteiger partial charge < -0.3 is 0 Å². The zero-order valence-corrected chi connectivity index (χ0v) is 8.30. The van der Waals surface area contributed by atoms with E-state index in [4.69, 9.17) is 0 Å². The summed E-state index contributed by atoms with van der Waals surface area (Å²) in [7, 11) is 0. The molecule has 1 aromatic carbocycles. The first-order valence-electron chi connectivity index (χ1n) is 4.83. The van der Waals surface area contributed by atoms with Gasteiger partial charge in [0.05, 0.1) is 0 Å². The van der Waals surface area contributed by atoms with Crippen LogP contribution in [0.5, 0.6) is 0 Å². The third kappa shape index (κ3) is 2.40. The number of benzene rings is 1. The lowest BCUT2D eigenvalue weighted by Crippen LogP contribution is -2.21. The molecule has 1 rings (SSSR count). The molecule has 0 aliphatic rings. The van der Waals surface area contributed by atoms with Crippen molar-refractivity contribution in [2.24, 2.45) is 0 Å². The Balaban J connectivity index is 2.71. The van der Waals surface area contributed by atoms with Crippen molar-refractivity contribution in [3.8, 4) is 0 Å². The van der Waals surface area contributed by atoms with Crippen molar-refractivity contribution in [3.05, 3.63) is 29.8 Å². The van der Waals surface area contributed by atoms with Gasteiger partial charge in [-0.05, 0) is 12.0 Å². The largest absolute Gasteiger partial charge is 0.169 e. The smallest absolute Gasteiger partial charge is 0.0819 e. The zero-order chi connectivity index (χ0) is 8.97. The van der Waals surface area contributed by atoms with Crippen molar-refractivity contribution in [2.45, 2.75) is 33.4 Å². The average Bonchev–Trinajstić information content (AvgIpc) is 2.06. The Morgan fingerprint density at radius 3 is 2.08 bits per heavy atom. The van der Waals surface area contributed by atoms with Gasteiger partial charge in [-0.1, -0.05) is 56.7 Å². The second-order valence-electron chi connectivity index (χ2n) is 3.65. The van der Waals surface area contributed by atoms with Gasteiger partial charge in [-0.25, -0.2) is 0 Å². The van der Waals surface area contributed by atoms with E-state index >= 15 is 0 Å². The maximum Gasteiger partial charge on any atom is 0.169 e. The summed E-state index contributed by atoms with van der Waals surface area (Å²) < 4.78 is 0. The third-order valence-electron chi connectivity index (χ3n) is 2.19. The highest BCUT2D eigenvalue weighted by molar-refractivity contribution is 6.70. The fraction of sp³-hybridized carbons (Fsp3) is 0.455. The average molecular weight is 160 g/mol. The van der Waals surface area contributed by atoms with E-state index in [0.717, 1.165) is 0 Å². The summed E-state index contributed by atoms with van der Waals surface area (Å²) in [5.41, 5.74) is 2.90. The van der Waals surface area contributed by atoms with Gasteiger partial charge in [0, 0.05) is 0 Å². The van der Waals surface area contributed by atoms with Crippen LogP contribution in [-0.2, 0) is 6.42 Å². The normalized spacial score (nSPS) is 9.92. The van der Waals surface area contributed by atoms with Crippen molar-refractivity contribution in [2.75, 3.05) is 0 Å². The maximum absolute atomic E-state index is 2.25. The highest BCUT2D eigenvalue weighted by atomic mass is 13.9. The number of hydrogen-bond acceptors (Lipinski definition) is 0. The van der Waals surface area contributed by atoms with Crippen molar-refractivity contribution in [1.82, 2.24) is 0 Å². The number of aryl methyl sites for hydroxylation is 1. The topological polar surface area (TPSA) is 0 Å². The van der Waals surface area contributed by atoms with E-state index in [2.05, 4.69) is 44.8 Å². The molecule has 1 heteroatoms. The van der Waals surface area contributed by atoms with Crippen LogP contribution in [0.25, 0.3) is 0 Å². The minimum absolute atomic E-state index is 0.653. The Morgan fingerprint density at radius 2 is 1.67 bits per heavy atom. The molecule has 0 aliphatic heterocycles. The Kier molecular flexibility index (Phi) is 3.39. The monoisotopic (exact) mass is 160 g/mol. The molecule has 0 aliphatic carbocycles. The first kappa shape index (κ1) is 9.37. The van der Waals surface area contributed by atoms with Crippen LogP contribution >= 0.6 is 0 Å². The molecule has 0 atom stereocenters. The van der Waals surface area contributed by atoms with Crippen LogP contribution in [0.1, 0.15) is 18.9 Å². The lowest BCUT2D eigenvalue weighted by Gasteiger charge is -2.03.